The molecule has 2 aliphatic heterocycles. The molecule has 2 saturated heterocycles. The van der Waals surface area contributed by atoms with E-state index < -0.39 is 73.1 Å². The van der Waals surface area contributed by atoms with E-state index in [1.165, 1.54) is 70.9 Å². The number of amides is 2. The predicted molar refractivity (Wildman–Crippen MR) is 202 cm³/mol. The molecule has 1 aliphatic carbocycles. The van der Waals surface area contributed by atoms with E-state index in [9.17, 15) is 27.2 Å². The van der Waals surface area contributed by atoms with Gasteiger partial charge in [0.05, 0.1) is 36.9 Å². The Morgan fingerprint density at radius 3 is 1.93 bits per heavy atom. The summed E-state index contributed by atoms with van der Waals surface area (Å²) in [6.45, 7) is -1.50. The summed E-state index contributed by atoms with van der Waals surface area (Å²) >= 11 is 0. The zero-order valence-electron chi connectivity index (χ0n) is 30.8. The Hall–Kier alpha value is -6.72. The van der Waals surface area contributed by atoms with Gasteiger partial charge in [-0.3, -0.25) is 9.59 Å². The number of nitrogens with one attached hydrogen (secondary N) is 2. The van der Waals surface area contributed by atoms with Gasteiger partial charge in [0.1, 0.15) is 11.6 Å². The number of nitrogens with zero attached hydrogens (tertiary/aromatic N) is 6. The summed E-state index contributed by atoms with van der Waals surface area (Å²) in [4.78, 5) is 46.9. The first-order chi connectivity index (χ1) is 28.3. The third kappa shape index (κ3) is 7.45. The van der Waals surface area contributed by atoms with Gasteiger partial charge >= 0.3 is 0 Å². The van der Waals surface area contributed by atoms with Crippen LogP contribution in [0.4, 0.5) is 49.4 Å². The fraction of sp³-hybridized carbons (Fsp3) is 0.268. The lowest BCUT2D eigenvalue weighted by Crippen LogP contribution is -2.27. The van der Waals surface area contributed by atoms with Crippen molar-refractivity contribution in [1.82, 2.24) is 19.9 Å². The van der Waals surface area contributed by atoms with Crippen LogP contribution in [0.2, 0.25) is 0 Å². The third-order valence-corrected chi connectivity index (χ3v) is 10.6. The molecule has 9 rings (SSSR count). The molecule has 3 fully saturated rings. The number of halogens is 6. The molecule has 18 heteroatoms. The molecule has 2 amide bonds. The van der Waals surface area contributed by atoms with Gasteiger partial charge in [-0.15, -0.1) is 0 Å². The first-order valence-corrected chi connectivity index (χ1v) is 18.6. The second kappa shape index (κ2) is 14.6. The largest absolute Gasteiger partial charge is 0.438 e. The molecule has 59 heavy (non-hydrogen) atoms. The maximum Gasteiger partial charge on any atom is 0.293 e. The third-order valence-electron chi connectivity index (χ3n) is 10.6. The summed E-state index contributed by atoms with van der Waals surface area (Å²) in [5, 5.41) is 5.39. The molecule has 2 unspecified atom stereocenters. The van der Waals surface area contributed by atoms with E-state index in [0.29, 0.717) is 12.1 Å². The second-order valence-corrected chi connectivity index (χ2v) is 14.7. The van der Waals surface area contributed by atoms with Crippen molar-refractivity contribution < 1.29 is 44.8 Å². The van der Waals surface area contributed by atoms with Gasteiger partial charge in [-0.05, 0) is 30.7 Å². The monoisotopic (exact) mass is 814 g/mol. The lowest BCUT2D eigenvalue weighted by Gasteiger charge is -2.24. The smallest absolute Gasteiger partial charge is 0.293 e. The fourth-order valence-corrected chi connectivity index (χ4v) is 7.57. The number of hydrogen-bond donors (Lipinski definition) is 2. The normalized spacial score (nSPS) is 19.2. The van der Waals surface area contributed by atoms with Crippen molar-refractivity contribution in [2.24, 2.45) is 0 Å². The molecule has 2 N–H and O–H groups in total. The Labute approximate surface area is 331 Å². The van der Waals surface area contributed by atoms with Crippen molar-refractivity contribution in [2.75, 3.05) is 46.6 Å². The maximum atomic E-state index is 15.5. The molecule has 0 radical (unpaired) electrons. The molecule has 6 heterocycles. The van der Waals surface area contributed by atoms with Crippen LogP contribution < -0.4 is 20.4 Å². The number of anilines is 4. The molecule has 0 bridgehead atoms. The average Bonchev–Trinajstić information content (AvgIpc) is 3.66. The van der Waals surface area contributed by atoms with Crippen LogP contribution in [0.1, 0.15) is 63.8 Å². The van der Waals surface area contributed by atoms with Crippen LogP contribution in [0, 0.1) is 11.6 Å². The molecule has 2 aromatic carbocycles. The SMILES string of the molecule is O=C(Nc1c(-c2ccccc2F)cc(C2CC2c2ncc(C(=O)Nc3c(-c4ccccc4F)ccnc3N3CCC(F)(F)C3)o2)nc1N1CCC(F)(F)C1)c1cnco1. The number of rotatable bonds is 10. The number of carbonyl (C=O) groups is 2. The van der Waals surface area contributed by atoms with Gasteiger partial charge in [-0.2, -0.15) is 0 Å². The molecule has 302 valence electrons. The number of pyridine rings is 2. The molecule has 0 spiro atoms. The molecular formula is C41H32F6N8O4. The van der Waals surface area contributed by atoms with Crippen LogP contribution in [0.25, 0.3) is 22.3 Å². The Morgan fingerprint density at radius 1 is 0.712 bits per heavy atom. The molecule has 2 atom stereocenters. The van der Waals surface area contributed by atoms with Crippen LogP contribution >= 0.6 is 0 Å². The summed E-state index contributed by atoms with van der Waals surface area (Å²) in [5.74, 6) is -9.95. The standard InChI is InChI=1S/C41H32F6N8O4/c42-28-7-3-1-5-22(28)24-9-12-49-35(54-13-10-40(44,45)19-54)33(24)52-38(57)32-18-50-39(59-32)27-15-25(27)30-16-26(23-6-2-4-8-29(23)43)34(53-37(56)31-17-48-21-58-31)36(51-30)55-14-11-41(46,47)20-55/h1-9,12,16-18,21,25,27H,10-11,13-15,19-20H2,(H,52,57)(H,53,56). The van der Waals surface area contributed by atoms with Crippen molar-refractivity contribution in [3.8, 4) is 22.3 Å². The molecule has 12 nitrogen and oxygen atoms in total. The number of hydrogen-bond acceptors (Lipinski definition) is 10. The van der Waals surface area contributed by atoms with E-state index in [2.05, 4.69) is 25.6 Å². The van der Waals surface area contributed by atoms with Gasteiger partial charge in [0.2, 0.25) is 11.5 Å². The topological polar surface area (TPSA) is 143 Å². The Morgan fingerprint density at radius 2 is 1.32 bits per heavy atom. The number of benzene rings is 2. The average molecular weight is 815 g/mol. The van der Waals surface area contributed by atoms with E-state index in [1.807, 2.05) is 0 Å². The summed E-state index contributed by atoms with van der Waals surface area (Å²) in [6, 6.07) is 14.7. The second-order valence-electron chi connectivity index (χ2n) is 14.7. The highest BCUT2D eigenvalue weighted by Gasteiger charge is 2.47. The number of alkyl halides is 4. The summed E-state index contributed by atoms with van der Waals surface area (Å²) in [7, 11) is 0. The minimum atomic E-state index is -3.05. The van der Waals surface area contributed by atoms with Crippen LogP contribution in [0.5, 0.6) is 0 Å². The highest BCUT2D eigenvalue weighted by atomic mass is 19.3. The van der Waals surface area contributed by atoms with E-state index in [-0.39, 0.29) is 75.8 Å². The molecule has 4 aromatic heterocycles. The lowest BCUT2D eigenvalue weighted by atomic mass is 10.0. The zero-order chi connectivity index (χ0) is 41.1. The highest BCUT2D eigenvalue weighted by Crippen LogP contribution is 2.55. The van der Waals surface area contributed by atoms with Crippen molar-refractivity contribution in [3.05, 3.63) is 120 Å². The molecule has 1 saturated carbocycles. The van der Waals surface area contributed by atoms with E-state index in [4.69, 9.17) is 13.8 Å². The van der Waals surface area contributed by atoms with E-state index in [0.717, 1.165) is 6.39 Å². The van der Waals surface area contributed by atoms with Crippen LogP contribution in [0.15, 0.2) is 94.5 Å². The van der Waals surface area contributed by atoms with Crippen molar-refractivity contribution in [1.29, 1.82) is 0 Å². The minimum Gasteiger partial charge on any atom is -0.438 e. The molecule has 3 aliphatic rings. The Balaban J connectivity index is 1.04. The van der Waals surface area contributed by atoms with Crippen LogP contribution in [0.3, 0.4) is 0 Å². The van der Waals surface area contributed by atoms with Gasteiger partial charge in [0.15, 0.2) is 23.9 Å². The van der Waals surface area contributed by atoms with Crippen molar-refractivity contribution >= 4 is 34.8 Å². The molecular weight excluding hydrogens is 782 g/mol. The van der Waals surface area contributed by atoms with Gasteiger partial charge in [-0.25, -0.2) is 46.3 Å². The van der Waals surface area contributed by atoms with E-state index >= 15 is 8.78 Å². The molecule has 6 aromatic rings. The van der Waals surface area contributed by atoms with Gasteiger partial charge in [0, 0.05) is 71.9 Å². The van der Waals surface area contributed by atoms with Gasteiger partial charge in [-0.1, -0.05) is 36.4 Å². The fourth-order valence-electron chi connectivity index (χ4n) is 7.57. The minimum absolute atomic E-state index is 0.00221. The first kappa shape index (κ1) is 37.8. The Bertz CT molecular complexity index is 2580. The number of carbonyl (C=O) groups excluding carboxylic acids is 2. The zero-order valence-corrected chi connectivity index (χ0v) is 30.8. The first-order valence-electron chi connectivity index (χ1n) is 18.6. The van der Waals surface area contributed by atoms with Crippen molar-refractivity contribution in [2.45, 2.75) is 42.9 Å². The maximum absolute atomic E-state index is 15.5. The van der Waals surface area contributed by atoms with Crippen LogP contribution in [-0.2, 0) is 0 Å². The summed E-state index contributed by atoms with van der Waals surface area (Å²) in [5.41, 5.74) is 0.943. The summed E-state index contributed by atoms with van der Waals surface area (Å²) < 4.78 is 99.6. The van der Waals surface area contributed by atoms with Gasteiger partial charge in [0.25, 0.3) is 23.7 Å². The highest BCUT2D eigenvalue weighted by molar-refractivity contribution is 6.08. The number of aromatic nitrogens is 4. The van der Waals surface area contributed by atoms with Crippen LogP contribution in [-0.4, -0.2) is 69.8 Å². The lowest BCUT2D eigenvalue weighted by molar-refractivity contribution is 0.0249. The quantitative estimate of drug-likeness (QED) is 0.129. The van der Waals surface area contributed by atoms with Crippen molar-refractivity contribution in [3.63, 3.8) is 0 Å². The van der Waals surface area contributed by atoms with Gasteiger partial charge < -0.3 is 29.3 Å². The Kier molecular flexibility index (Phi) is 9.35. The van der Waals surface area contributed by atoms with E-state index in [1.54, 1.807) is 18.2 Å². The predicted octanol–water partition coefficient (Wildman–Crippen LogP) is 8.53. The summed E-state index contributed by atoms with van der Waals surface area (Å²) in [6.07, 6.45) is 4.28. The number of oxazole rings is 2.